The summed E-state index contributed by atoms with van der Waals surface area (Å²) in [6, 6.07) is 16.7. The Balaban J connectivity index is 1.50. The van der Waals surface area contributed by atoms with Gasteiger partial charge in [0.1, 0.15) is 11.6 Å². The van der Waals surface area contributed by atoms with Crippen LogP contribution in [0.5, 0.6) is 5.75 Å². The number of anilines is 1. The number of piperidine rings is 1. The molecule has 1 N–H and O–H groups in total. The number of hydrogen-bond acceptors (Lipinski definition) is 4. The van der Waals surface area contributed by atoms with E-state index in [1.807, 2.05) is 18.2 Å². The van der Waals surface area contributed by atoms with E-state index in [4.69, 9.17) is 4.42 Å². The molecule has 1 fully saturated rings. The molecule has 0 saturated carbocycles. The first-order chi connectivity index (χ1) is 14.1. The number of carbonyl (C=O) groups excluding carboxylic acids is 1. The van der Waals surface area contributed by atoms with Gasteiger partial charge in [-0.3, -0.25) is 9.69 Å². The molecule has 29 heavy (non-hydrogen) atoms. The van der Waals surface area contributed by atoms with Crippen LogP contribution in [0, 0.1) is 5.82 Å². The van der Waals surface area contributed by atoms with E-state index >= 15 is 0 Å². The Morgan fingerprint density at radius 3 is 2.45 bits per heavy atom. The van der Waals surface area contributed by atoms with Gasteiger partial charge in [-0.05, 0) is 55.3 Å². The number of halogens is 1. The molecule has 1 aromatic heterocycles. The minimum absolute atomic E-state index is 0.0151. The van der Waals surface area contributed by atoms with Crippen LogP contribution in [0.15, 0.2) is 71.3 Å². The van der Waals surface area contributed by atoms with E-state index in [-0.39, 0.29) is 23.5 Å². The summed E-state index contributed by atoms with van der Waals surface area (Å²) in [6.07, 6.45) is 3.03. The van der Waals surface area contributed by atoms with E-state index in [0.29, 0.717) is 18.0 Å². The highest BCUT2D eigenvalue weighted by Gasteiger charge is 2.31. The quantitative estimate of drug-likeness (QED) is 0.695. The Kier molecular flexibility index (Phi) is 5.62. The second kappa shape index (κ2) is 8.49. The smallest absolute Gasteiger partial charge is 0.294 e. The second-order valence-corrected chi connectivity index (χ2v) is 7.26. The van der Waals surface area contributed by atoms with Crippen LogP contribution >= 0.6 is 0 Å². The molecule has 0 unspecified atom stereocenters. The van der Waals surface area contributed by atoms with Crippen LogP contribution in [-0.2, 0) is 6.54 Å². The van der Waals surface area contributed by atoms with E-state index in [9.17, 15) is 14.3 Å². The lowest BCUT2D eigenvalue weighted by Gasteiger charge is -2.38. The number of furan rings is 1. The fourth-order valence-electron chi connectivity index (χ4n) is 3.84. The summed E-state index contributed by atoms with van der Waals surface area (Å²) < 4.78 is 18.7. The zero-order chi connectivity index (χ0) is 20.2. The van der Waals surface area contributed by atoms with Gasteiger partial charge in [-0.25, -0.2) is 4.39 Å². The van der Waals surface area contributed by atoms with Crippen LogP contribution < -0.4 is 4.90 Å². The molecule has 0 aliphatic carbocycles. The maximum Gasteiger partial charge on any atom is 0.294 e. The van der Waals surface area contributed by atoms with Crippen molar-refractivity contribution in [2.75, 3.05) is 18.0 Å². The Morgan fingerprint density at radius 2 is 1.79 bits per heavy atom. The Hall–Kier alpha value is -3.12. The normalized spacial score (nSPS) is 15.3. The molecule has 1 aliphatic rings. The molecular weight excluding hydrogens is 371 g/mol. The zero-order valence-corrected chi connectivity index (χ0v) is 16.0. The third-order valence-corrected chi connectivity index (χ3v) is 5.36. The lowest BCUT2D eigenvalue weighted by Crippen LogP contribution is -2.47. The molecular formula is C23H23FN2O3. The molecule has 2 aromatic carbocycles. The lowest BCUT2D eigenvalue weighted by atomic mass is 10.0. The molecule has 1 saturated heterocycles. The third kappa shape index (κ3) is 4.32. The summed E-state index contributed by atoms with van der Waals surface area (Å²) in [5.74, 6) is 0.0129. The maximum atomic E-state index is 13.4. The minimum Gasteiger partial charge on any atom is -0.508 e. The van der Waals surface area contributed by atoms with E-state index in [2.05, 4.69) is 4.90 Å². The predicted octanol–water partition coefficient (Wildman–Crippen LogP) is 4.44. The van der Waals surface area contributed by atoms with Crippen molar-refractivity contribution in [2.24, 2.45) is 0 Å². The topological polar surface area (TPSA) is 56.9 Å². The largest absolute Gasteiger partial charge is 0.508 e. The van der Waals surface area contributed by atoms with Crippen molar-refractivity contribution in [3.8, 4) is 5.75 Å². The fraction of sp³-hybridized carbons (Fsp3) is 0.261. The summed E-state index contributed by atoms with van der Waals surface area (Å²) in [5, 5.41) is 10.0. The van der Waals surface area contributed by atoms with Crippen molar-refractivity contribution in [1.82, 2.24) is 4.90 Å². The van der Waals surface area contributed by atoms with Crippen molar-refractivity contribution >= 4 is 11.6 Å². The van der Waals surface area contributed by atoms with Crippen molar-refractivity contribution < 1.29 is 18.7 Å². The van der Waals surface area contributed by atoms with Crippen LogP contribution in [0.1, 0.15) is 29.0 Å². The number of para-hydroxylation sites is 1. The third-order valence-electron chi connectivity index (χ3n) is 5.36. The SMILES string of the molecule is O=C(c1ccco1)N(c1ccc(F)cc1)C1CCN(Cc2ccccc2O)CC1. The van der Waals surface area contributed by atoms with E-state index < -0.39 is 0 Å². The number of rotatable bonds is 5. The molecule has 0 spiro atoms. The maximum absolute atomic E-state index is 13.4. The minimum atomic E-state index is -0.336. The van der Waals surface area contributed by atoms with Gasteiger partial charge in [0.2, 0.25) is 0 Å². The van der Waals surface area contributed by atoms with Gasteiger partial charge >= 0.3 is 0 Å². The molecule has 0 radical (unpaired) electrons. The average Bonchev–Trinajstić information content (AvgIpc) is 3.27. The van der Waals surface area contributed by atoms with Crippen molar-refractivity contribution in [1.29, 1.82) is 0 Å². The monoisotopic (exact) mass is 394 g/mol. The van der Waals surface area contributed by atoms with Crippen molar-refractivity contribution in [3.05, 3.63) is 84.1 Å². The van der Waals surface area contributed by atoms with Gasteiger partial charge in [0.25, 0.3) is 5.91 Å². The van der Waals surface area contributed by atoms with Gasteiger partial charge in [-0.15, -0.1) is 0 Å². The lowest BCUT2D eigenvalue weighted by molar-refractivity contribution is 0.0931. The Bertz CT molecular complexity index is 949. The van der Waals surface area contributed by atoms with Gasteiger partial charge in [-0.2, -0.15) is 0 Å². The molecule has 0 atom stereocenters. The number of nitrogens with zero attached hydrogens (tertiary/aromatic N) is 2. The molecule has 150 valence electrons. The van der Waals surface area contributed by atoms with Crippen LogP contribution in [0.3, 0.4) is 0 Å². The van der Waals surface area contributed by atoms with Gasteiger partial charge in [0.05, 0.1) is 6.26 Å². The van der Waals surface area contributed by atoms with Crippen LogP contribution in [0.25, 0.3) is 0 Å². The summed E-state index contributed by atoms with van der Waals surface area (Å²) in [5.41, 5.74) is 1.56. The van der Waals surface area contributed by atoms with E-state index in [0.717, 1.165) is 31.5 Å². The van der Waals surface area contributed by atoms with Crippen molar-refractivity contribution in [3.63, 3.8) is 0 Å². The first-order valence-corrected chi connectivity index (χ1v) is 9.73. The summed E-state index contributed by atoms with van der Waals surface area (Å²) in [6.45, 7) is 2.26. The number of amides is 1. The molecule has 2 heterocycles. The first kappa shape index (κ1) is 19.2. The second-order valence-electron chi connectivity index (χ2n) is 7.26. The van der Waals surface area contributed by atoms with E-state index in [1.54, 1.807) is 35.2 Å². The van der Waals surface area contributed by atoms with Gasteiger partial charge in [0.15, 0.2) is 5.76 Å². The zero-order valence-electron chi connectivity index (χ0n) is 16.0. The van der Waals surface area contributed by atoms with Crippen LogP contribution in [0.2, 0.25) is 0 Å². The summed E-state index contributed by atoms with van der Waals surface area (Å²) in [4.78, 5) is 17.1. The summed E-state index contributed by atoms with van der Waals surface area (Å²) >= 11 is 0. The number of hydrogen-bond donors (Lipinski definition) is 1. The van der Waals surface area contributed by atoms with Gasteiger partial charge in [0, 0.05) is 36.9 Å². The van der Waals surface area contributed by atoms with E-state index in [1.165, 1.54) is 18.4 Å². The first-order valence-electron chi connectivity index (χ1n) is 9.73. The standard InChI is InChI=1S/C23H23FN2O3/c24-18-7-9-19(10-8-18)26(23(28)22-6-3-15-29-22)20-11-13-25(14-12-20)16-17-4-1-2-5-21(17)27/h1-10,15,20,27H,11-14,16H2. The number of phenols is 1. The number of aromatic hydroxyl groups is 1. The number of phenolic OH excluding ortho intramolecular Hbond substituents is 1. The van der Waals surface area contributed by atoms with Crippen LogP contribution in [-0.4, -0.2) is 35.0 Å². The molecule has 5 nitrogen and oxygen atoms in total. The molecule has 0 bridgehead atoms. The summed E-state index contributed by atoms with van der Waals surface area (Å²) in [7, 11) is 0. The number of carbonyl (C=O) groups is 1. The Labute approximate surface area is 169 Å². The van der Waals surface area contributed by atoms with Crippen molar-refractivity contribution in [2.45, 2.75) is 25.4 Å². The molecule has 1 amide bonds. The molecule has 3 aromatic rings. The van der Waals surface area contributed by atoms with Crippen LogP contribution in [0.4, 0.5) is 10.1 Å². The van der Waals surface area contributed by atoms with Gasteiger partial charge in [-0.1, -0.05) is 18.2 Å². The predicted molar refractivity (Wildman–Crippen MR) is 108 cm³/mol. The number of likely N-dealkylation sites (tertiary alicyclic amines) is 1. The molecule has 1 aliphatic heterocycles. The fourth-order valence-corrected chi connectivity index (χ4v) is 3.84. The highest BCUT2D eigenvalue weighted by Crippen LogP contribution is 2.28. The number of benzene rings is 2. The molecule has 6 heteroatoms. The Morgan fingerprint density at radius 1 is 1.07 bits per heavy atom. The highest BCUT2D eigenvalue weighted by molar-refractivity contribution is 6.04. The van der Waals surface area contributed by atoms with Gasteiger partial charge < -0.3 is 14.4 Å². The highest BCUT2D eigenvalue weighted by atomic mass is 19.1. The average molecular weight is 394 g/mol. The molecule has 4 rings (SSSR count).